The smallest absolute Gasteiger partial charge is 0.313 e. The van der Waals surface area contributed by atoms with E-state index in [1.165, 1.54) is 36.6 Å². The van der Waals surface area contributed by atoms with E-state index in [1.54, 1.807) is 0 Å². The van der Waals surface area contributed by atoms with Crippen molar-refractivity contribution in [2.75, 3.05) is 5.73 Å². The summed E-state index contributed by atoms with van der Waals surface area (Å²) in [4.78, 5) is 23.7. The van der Waals surface area contributed by atoms with Crippen molar-refractivity contribution < 1.29 is 9.21 Å². The monoisotopic (exact) mass is 586 g/mol. The molecule has 0 atom stereocenters. The third-order valence-electron chi connectivity index (χ3n) is 9.73. The zero-order chi connectivity index (χ0) is 30.0. The number of nitrogens with zero attached hydrogens (tertiary/aromatic N) is 6. The van der Waals surface area contributed by atoms with Gasteiger partial charge in [0.05, 0.1) is 28.0 Å². The highest BCUT2D eigenvalue weighted by Crippen LogP contribution is 2.45. The minimum Gasteiger partial charge on any atom is -0.404 e. The molecule has 222 valence electrons. The SMILES string of the molecule is Cn1c(C2(NC(=O)c3ccc4c(C5CCCC5)c(-c5ccccn5)n(C)c4c3)CCC2)nc2ccc(-c3nnc(N)o3)cc21. The Balaban J connectivity index is 1.15. The van der Waals surface area contributed by atoms with Gasteiger partial charge in [0, 0.05) is 42.3 Å². The molecule has 0 aliphatic heterocycles. The third-order valence-corrected chi connectivity index (χ3v) is 9.73. The van der Waals surface area contributed by atoms with Gasteiger partial charge >= 0.3 is 6.01 Å². The van der Waals surface area contributed by atoms with Crippen LogP contribution in [0, 0.1) is 0 Å². The number of imidazole rings is 1. The Morgan fingerprint density at radius 1 is 0.977 bits per heavy atom. The second-order valence-corrected chi connectivity index (χ2v) is 12.3. The quantitative estimate of drug-likeness (QED) is 0.237. The second kappa shape index (κ2) is 10.0. The zero-order valence-corrected chi connectivity index (χ0v) is 24.9. The van der Waals surface area contributed by atoms with E-state index in [1.807, 2.05) is 55.7 Å². The number of nitrogen functional groups attached to an aromatic ring is 1. The fourth-order valence-electron chi connectivity index (χ4n) is 7.37. The molecule has 0 saturated heterocycles. The van der Waals surface area contributed by atoms with Crippen molar-refractivity contribution in [3.8, 4) is 22.8 Å². The van der Waals surface area contributed by atoms with Crippen molar-refractivity contribution in [1.29, 1.82) is 0 Å². The minimum absolute atomic E-state index is 0.0261. The Hall–Kier alpha value is -4.99. The van der Waals surface area contributed by atoms with Gasteiger partial charge in [-0.1, -0.05) is 30.1 Å². The first kappa shape index (κ1) is 26.6. The fraction of sp³-hybridized carbons (Fsp3) is 0.324. The lowest BCUT2D eigenvalue weighted by Gasteiger charge is -2.41. The predicted octanol–water partition coefficient (Wildman–Crippen LogP) is 6.23. The van der Waals surface area contributed by atoms with Crippen LogP contribution < -0.4 is 11.1 Å². The molecule has 44 heavy (non-hydrogen) atoms. The predicted molar refractivity (Wildman–Crippen MR) is 169 cm³/mol. The number of carbonyl (C=O) groups is 1. The zero-order valence-electron chi connectivity index (χ0n) is 24.9. The first-order chi connectivity index (χ1) is 21.4. The van der Waals surface area contributed by atoms with Crippen molar-refractivity contribution in [2.45, 2.75) is 56.4 Å². The van der Waals surface area contributed by atoms with Crippen molar-refractivity contribution in [2.24, 2.45) is 14.1 Å². The average molecular weight is 587 g/mol. The Labute approximate surface area is 254 Å². The maximum absolute atomic E-state index is 14.0. The lowest BCUT2D eigenvalue weighted by molar-refractivity contribution is 0.0805. The van der Waals surface area contributed by atoms with E-state index in [9.17, 15) is 4.79 Å². The molecule has 3 N–H and O–H groups in total. The summed E-state index contributed by atoms with van der Waals surface area (Å²) in [5, 5.41) is 12.4. The van der Waals surface area contributed by atoms with Gasteiger partial charge in [-0.25, -0.2) is 4.98 Å². The van der Waals surface area contributed by atoms with Crippen LogP contribution in [0.1, 0.15) is 72.6 Å². The number of hydrogen-bond donors (Lipinski definition) is 2. The van der Waals surface area contributed by atoms with Gasteiger partial charge in [0.15, 0.2) is 0 Å². The number of aryl methyl sites for hydroxylation is 2. The summed E-state index contributed by atoms with van der Waals surface area (Å²) in [6, 6.07) is 18.1. The van der Waals surface area contributed by atoms with Crippen LogP contribution in [0.2, 0.25) is 0 Å². The van der Waals surface area contributed by atoms with Crippen LogP contribution in [0.3, 0.4) is 0 Å². The number of aromatic nitrogens is 6. The van der Waals surface area contributed by atoms with Crippen LogP contribution in [-0.2, 0) is 19.6 Å². The van der Waals surface area contributed by atoms with Crippen LogP contribution in [0.25, 0.3) is 44.8 Å². The lowest BCUT2D eigenvalue weighted by atomic mass is 9.75. The van der Waals surface area contributed by atoms with Crippen molar-refractivity contribution in [1.82, 2.24) is 34.6 Å². The molecule has 0 radical (unpaired) electrons. The molecule has 4 aromatic heterocycles. The van der Waals surface area contributed by atoms with E-state index < -0.39 is 5.54 Å². The molecule has 0 unspecified atom stereocenters. The summed E-state index contributed by atoms with van der Waals surface area (Å²) in [6.45, 7) is 0. The Morgan fingerprint density at radius 2 is 1.82 bits per heavy atom. The van der Waals surface area contributed by atoms with E-state index in [-0.39, 0.29) is 11.9 Å². The van der Waals surface area contributed by atoms with Gasteiger partial charge in [-0.3, -0.25) is 9.78 Å². The van der Waals surface area contributed by atoms with E-state index in [2.05, 4.69) is 43.8 Å². The van der Waals surface area contributed by atoms with Crippen LogP contribution in [-0.4, -0.2) is 35.2 Å². The molecule has 10 heteroatoms. The van der Waals surface area contributed by atoms with Gasteiger partial charge in [0.25, 0.3) is 5.91 Å². The van der Waals surface area contributed by atoms with Crippen molar-refractivity contribution >= 4 is 33.9 Å². The molecular weight excluding hydrogens is 552 g/mol. The summed E-state index contributed by atoms with van der Waals surface area (Å²) in [6.07, 6.45) is 9.39. The van der Waals surface area contributed by atoms with Gasteiger partial charge in [-0.05, 0) is 86.1 Å². The molecule has 2 aromatic carbocycles. The van der Waals surface area contributed by atoms with Gasteiger partial charge in [-0.2, -0.15) is 0 Å². The first-order valence-corrected chi connectivity index (χ1v) is 15.3. The van der Waals surface area contributed by atoms with E-state index in [0.717, 1.165) is 58.6 Å². The van der Waals surface area contributed by atoms with E-state index >= 15 is 0 Å². The van der Waals surface area contributed by atoms with Gasteiger partial charge < -0.3 is 24.6 Å². The van der Waals surface area contributed by atoms with Crippen LogP contribution in [0.15, 0.2) is 65.2 Å². The number of rotatable bonds is 6. The van der Waals surface area contributed by atoms with Gasteiger partial charge in [0.2, 0.25) is 5.89 Å². The highest BCUT2D eigenvalue weighted by Gasteiger charge is 2.44. The number of nitrogens with two attached hydrogens (primary N) is 1. The standard InChI is InChI=1S/C34H34N8O2/c1-41-26-18-21(11-13-23(26)28(20-8-3-4-9-20)29(41)25-10-5-6-17-36-25)30(43)38-34(15-7-16-34)32-37-24-14-12-22(19-27(24)42(32)2)31-39-40-33(35)44-31/h5-6,10-14,17-20H,3-4,7-9,15-16H2,1-2H3,(H2,35,40)(H,38,43). The highest BCUT2D eigenvalue weighted by molar-refractivity contribution is 6.01. The first-order valence-electron chi connectivity index (χ1n) is 15.3. The molecular formula is C34H34N8O2. The molecule has 10 nitrogen and oxygen atoms in total. The molecule has 2 aliphatic rings. The Morgan fingerprint density at radius 3 is 2.52 bits per heavy atom. The summed E-state index contributed by atoms with van der Waals surface area (Å²) < 4.78 is 9.72. The molecule has 8 rings (SSSR count). The molecule has 2 aliphatic carbocycles. The van der Waals surface area contributed by atoms with Crippen LogP contribution >= 0.6 is 0 Å². The Bertz CT molecular complexity index is 2040. The summed E-state index contributed by atoms with van der Waals surface area (Å²) >= 11 is 0. The van der Waals surface area contributed by atoms with Crippen molar-refractivity contribution in [3.05, 3.63) is 77.7 Å². The minimum atomic E-state index is -0.544. The second-order valence-electron chi connectivity index (χ2n) is 12.3. The highest BCUT2D eigenvalue weighted by atomic mass is 16.4. The maximum atomic E-state index is 14.0. The van der Waals surface area contributed by atoms with Gasteiger partial charge in [0.1, 0.15) is 5.82 Å². The summed E-state index contributed by atoms with van der Waals surface area (Å²) in [5.41, 5.74) is 12.8. The molecule has 2 saturated carbocycles. The Kier molecular flexibility index (Phi) is 6.08. The number of carbonyl (C=O) groups excluding carboxylic acids is 1. The molecule has 0 bridgehead atoms. The third kappa shape index (κ3) is 4.11. The number of pyridine rings is 1. The normalized spacial score (nSPS) is 16.5. The average Bonchev–Trinajstić information content (AvgIpc) is 3.82. The van der Waals surface area contributed by atoms with E-state index in [0.29, 0.717) is 17.4 Å². The number of nitrogens with one attached hydrogen (secondary N) is 1. The molecule has 0 spiro atoms. The molecule has 2 fully saturated rings. The number of benzene rings is 2. The summed E-state index contributed by atoms with van der Waals surface area (Å²) in [7, 11) is 4.08. The summed E-state index contributed by atoms with van der Waals surface area (Å²) in [5.74, 6) is 1.61. The number of fused-ring (bicyclic) bond motifs is 2. The molecule has 6 aromatic rings. The number of amides is 1. The van der Waals surface area contributed by atoms with Crippen molar-refractivity contribution in [3.63, 3.8) is 0 Å². The largest absolute Gasteiger partial charge is 0.404 e. The number of hydrogen-bond acceptors (Lipinski definition) is 7. The molecule has 1 amide bonds. The maximum Gasteiger partial charge on any atom is 0.313 e. The van der Waals surface area contributed by atoms with Crippen LogP contribution in [0.5, 0.6) is 0 Å². The lowest BCUT2D eigenvalue weighted by Crippen LogP contribution is -2.52. The van der Waals surface area contributed by atoms with E-state index in [4.69, 9.17) is 20.1 Å². The van der Waals surface area contributed by atoms with Gasteiger partial charge in [-0.15, -0.1) is 5.10 Å². The van der Waals surface area contributed by atoms with Crippen LogP contribution in [0.4, 0.5) is 6.01 Å². The fourth-order valence-corrected chi connectivity index (χ4v) is 7.37. The molecule has 4 heterocycles. The number of anilines is 1. The topological polar surface area (TPSA) is 130 Å².